The van der Waals surface area contributed by atoms with Gasteiger partial charge in [0.05, 0.1) is 0 Å². The highest BCUT2D eigenvalue weighted by atomic mass is 35.5. The molecule has 0 spiro atoms. The van der Waals surface area contributed by atoms with Crippen LogP contribution in [0.3, 0.4) is 0 Å². The summed E-state index contributed by atoms with van der Waals surface area (Å²) < 4.78 is 6.14. The lowest BCUT2D eigenvalue weighted by Crippen LogP contribution is -2.00. The summed E-state index contributed by atoms with van der Waals surface area (Å²) in [6.45, 7) is 0.362. The zero-order valence-corrected chi connectivity index (χ0v) is 20.5. The third-order valence-electron chi connectivity index (χ3n) is 5.44. The average Bonchev–Trinajstić information content (AvgIpc) is 3.37. The molecule has 0 aliphatic rings. The van der Waals surface area contributed by atoms with Gasteiger partial charge in [-0.25, -0.2) is 9.78 Å². The average molecular weight is 514 g/mol. The second-order valence-corrected chi connectivity index (χ2v) is 9.31. The van der Waals surface area contributed by atoms with Gasteiger partial charge in [0.15, 0.2) is 5.82 Å². The highest BCUT2D eigenvalue weighted by molar-refractivity contribution is 8.04. The van der Waals surface area contributed by atoms with Crippen LogP contribution in [0, 0.1) is 0 Å². The van der Waals surface area contributed by atoms with Gasteiger partial charge in [0, 0.05) is 16.1 Å². The molecule has 5 aromatic rings. The number of hydrogen-bond donors (Lipinski definition) is 2. The van der Waals surface area contributed by atoms with Crippen LogP contribution in [0.2, 0.25) is 5.02 Å². The fraction of sp³-hybridized carbons (Fsp3) is 0.0357. The molecule has 1 heterocycles. The van der Waals surface area contributed by atoms with Crippen molar-refractivity contribution in [3.8, 4) is 17.1 Å². The lowest BCUT2D eigenvalue weighted by atomic mass is 10.0. The largest absolute Gasteiger partial charge is 0.488 e. The van der Waals surface area contributed by atoms with Crippen LogP contribution >= 0.6 is 23.4 Å². The molecule has 0 atom stereocenters. The molecule has 6 nitrogen and oxygen atoms in total. The van der Waals surface area contributed by atoms with Crippen molar-refractivity contribution in [3.05, 3.63) is 112 Å². The number of fused-ring (bicyclic) bond motifs is 1. The molecule has 1 aromatic heterocycles. The summed E-state index contributed by atoms with van der Waals surface area (Å²) in [5.74, 6) is 0.0319. The Hall–Kier alpha value is -4.07. The number of aliphatic carboxylic acids is 1. The van der Waals surface area contributed by atoms with E-state index in [1.165, 1.54) is 0 Å². The number of halogens is 1. The SMILES string of the molecule is O=C(O)/C(=C/c1c(OCc2ccccc2)ccc2ccccc12)Sc1n[nH]c(-c2ccc(Cl)cc2)n1. The molecule has 178 valence electrons. The Balaban J connectivity index is 1.49. The lowest BCUT2D eigenvalue weighted by molar-refractivity contribution is -0.131. The van der Waals surface area contributed by atoms with Crippen LogP contribution in [0.25, 0.3) is 28.2 Å². The van der Waals surface area contributed by atoms with Gasteiger partial charge < -0.3 is 9.84 Å². The van der Waals surface area contributed by atoms with E-state index in [-0.39, 0.29) is 4.91 Å². The predicted molar refractivity (Wildman–Crippen MR) is 143 cm³/mol. The first-order valence-electron chi connectivity index (χ1n) is 11.1. The lowest BCUT2D eigenvalue weighted by Gasteiger charge is -2.13. The summed E-state index contributed by atoms with van der Waals surface area (Å²) in [6.07, 6.45) is 1.62. The zero-order chi connectivity index (χ0) is 24.9. The first-order valence-corrected chi connectivity index (χ1v) is 12.3. The minimum absolute atomic E-state index is 0.0672. The van der Waals surface area contributed by atoms with E-state index >= 15 is 0 Å². The van der Waals surface area contributed by atoms with Gasteiger partial charge in [0.1, 0.15) is 17.3 Å². The zero-order valence-electron chi connectivity index (χ0n) is 18.9. The van der Waals surface area contributed by atoms with Crippen LogP contribution in [0.15, 0.2) is 101 Å². The molecule has 5 rings (SSSR count). The van der Waals surface area contributed by atoms with Crippen molar-refractivity contribution in [2.45, 2.75) is 11.8 Å². The second-order valence-electron chi connectivity index (χ2n) is 7.86. The van der Waals surface area contributed by atoms with Crippen molar-refractivity contribution < 1.29 is 14.6 Å². The van der Waals surface area contributed by atoms with Crippen molar-refractivity contribution >= 4 is 46.2 Å². The number of thioether (sulfide) groups is 1. The van der Waals surface area contributed by atoms with E-state index in [9.17, 15) is 9.90 Å². The van der Waals surface area contributed by atoms with Crippen molar-refractivity contribution in [1.82, 2.24) is 15.2 Å². The van der Waals surface area contributed by atoms with Gasteiger partial charge in [-0.2, -0.15) is 0 Å². The van der Waals surface area contributed by atoms with E-state index < -0.39 is 5.97 Å². The summed E-state index contributed by atoms with van der Waals surface area (Å²) in [7, 11) is 0. The Morgan fingerprint density at radius 1 is 0.972 bits per heavy atom. The number of rotatable bonds is 8. The van der Waals surface area contributed by atoms with Crippen molar-refractivity contribution in [2.75, 3.05) is 0 Å². The van der Waals surface area contributed by atoms with E-state index in [0.29, 0.717) is 33.9 Å². The Labute approximate surface area is 216 Å². The van der Waals surface area contributed by atoms with Gasteiger partial charge in [-0.3, -0.25) is 5.10 Å². The Kier molecular flexibility index (Phi) is 7.02. The molecule has 2 N–H and O–H groups in total. The molecule has 0 saturated carbocycles. The summed E-state index contributed by atoms with van der Waals surface area (Å²) in [6, 6.07) is 28.6. The maximum absolute atomic E-state index is 12.2. The number of hydrogen-bond acceptors (Lipinski definition) is 5. The number of carbonyl (C=O) groups is 1. The number of nitrogens with zero attached hydrogens (tertiary/aromatic N) is 2. The van der Waals surface area contributed by atoms with Crippen molar-refractivity contribution in [1.29, 1.82) is 0 Å². The molecule has 0 aliphatic heterocycles. The third kappa shape index (κ3) is 5.43. The molecule has 0 saturated heterocycles. The maximum atomic E-state index is 12.2. The number of benzene rings is 4. The van der Waals surface area contributed by atoms with Crippen molar-refractivity contribution in [3.63, 3.8) is 0 Å². The minimum atomic E-state index is -1.08. The number of aromatic amines is 1. The van der Waals surface area contributed by atoms with Crippen LogP contribution in [0.5, 0.6) is 5.75 Å². The smallest absolute Gasteiger partial charge is 0.342 e. The Bertz CT molecular complexity index is 1550. The monoisotopic (exact) mass is 513 g/mol. The highest BCUT2D eigenvalue weighted by Crippen LogP contribution is 2.34. The van der Waals surface area contributed by atoms with Crippen LogP contribution in [-0.2, 0) is 11.4 Å². The number of carboxylic acid groups (broad SMARTS) is 1. The van der Waals surface area contributed by atoms with Crippen LogP contribution in [0.1, 0.15) is 11.1 Å². The summed E-state index contributed by atoms with van der Waals surface area (Å²) >= 11 is 6.93. The van der Waals surface area contributed by atoms with Gasteiger partial charge in [0.25, 0.3) is 0 Å². The summed E-state index contributed by atoms with van der Waals surface area (Å²) in [5.41, 5.74) is 2.50. The molecular formula is C28H20ClN3O3S. The molecule has 0 amide bonds. The van der Waals surface area contributed by atoms with Gasteiger partial charge in [-0.1, -0.05) is 72.3 Å². The maximum Gasteiger partial charge on any atom is 0.342 e. The third-order valence-corrected chi connectivity index (χ3v) is 6.57. The molecule has 0 aliphatic carbocycles. The second kappa shape index (κ2) is 10.7. The molecule has 4 aromatic carbocycles. The normalized spacial score (nSPS) is 11.5. The topological polar surface area (TPSA) is 88.1 Å². The standard InChI is InChI=1S/C28H20ClN3O3S/c29-21-13-10-20(11-14-21)26-30-28(32-31-26)36-25(27(33)34)16-23-22-9-5-4-8-19(22)12-15-24(23)35-17-18-6-2-1-3-7-18/h1-16H,17H2,(H,33,34)(H,30,31,32)/b25-16-. The molecular weight excluding hydrogens is 494 g/mol. The van der Waals surface area contributed by atoms with Gasteiger partial charge >= 0.3 is 5.97 Å². The first-order chi connectivity index (χ1) is 17.6. The number of carboxylic acids is 1. The van der Waals surface area contributed by atoms with Crippen LogP contribution in [-0.4, -0.2) is 26.3 Å². The highest BCUT2D eigenvalue weighted by Gasteiger charge is 2.17. The number of nitrogens with one attached hydrogen (secondary N) is 1. The summed E-state index contributed by atoms with van der Waals surface area (Å²) in [5, 5.41) is 19.8. The number of H-pyrrole nitrogens is 1. The van der Waals surface area contributed by atoms with Crippen molar-refractivity contribution in [2.24, 2.45) is 0 Å². The van der Waals surface area contributed by atoms with Crippen LogP contribution in [0.4, 0.5) is 0 Å². The molecule has 0 bridgehead atoms. The van der Waals surface area contributed by atoms with E-state index in [1.54, 1.807) is 18.2 Å². The summed E-state index contributed by atoms with van der Waals surface area (Å²) in [4.78, 5) is 16.8. The van der Waals surface area contributed by atoms with Crippen LogP contribution < -0.4 is 4.74 Å². The van der Waals surface area contributed by atoms with Gasteiger partial charge in [-0.05, 0) is 64.5 Å². The Morgan fingerprint density at radius 2 is 1.72 bits per heavy atom. The molecule has 0 unspecified atom stereocenters. The quantitative estimate of drug-likeness (QED) is 0.170. The van der Waals surface area contributed by atoms with E-state index in [4.69, 9.17) is 16.3 Å². The molecule has 0 radical (unpaired) electrons. The predicted octanol–water partition coefficient (Wildman–Crippen LogP) is 7.08. The fourth-order valence-electron chi connectivity index (χ4n) is 3.68. The van der Waals surface area contributed by atoms with Gasteiger partial charge in [-0.15, -0.1) is 5.10 Å². The fourth-order valence-corrected chi connectivity index (χ4v) is 4.49. The van der Waals surface area contributed by atoms with E-state index in [0.717, 1.165) is 33.7 Å². The molecule has 36 heavy (non-hydrogen) atoms. The first kappa shape index (κ1) is 23.7. The molecule has 0 fully saturated rings. The Morgan fingerprint density at radius 3 is 2.50 bits per heavy atom. The molecule has 8 heteroatoms. The minimum Gasteiger partial charge on any atom is -0.488 e. The number of ether oxygens (including phenoxy) is 1. The van der Waals surface area contributed by atoms with E-state index in [1.807, 2.05) is 78.9 Å². The van der Waals surface area contributed by atoms with E-state index in [2.05, 4.69) is 15.2 Å². The number of aromatic nitrogens is 3. The van der Waals surface area contributed by atoms with Gasteiger partial charge in [0.2, 0.25) is 5.16 Å².